The molecule has 0 aromatic rings. The summed E-state index contributed by atoms with van der Waals surface area (Å²) in [5.41, 5.74) is 0. The maximum absolute atomic E-state index is 12.1. The van der Waals surface area contributed by atoms with Crippen molar-refractivity contribution in [2.75, 3.05) is 19.6 Å². The van der Waals surface area contributed by atoms with Crippen molar-refractivity contribution in [2.45, 2.75) is 57.6 Å². The molecule has 1 fully saturated rings. The van der Waals surface area contributed by atoms with Gasteiger partial charge in [0.25, 0.3) is 0 Å². The first-order valence-electron chi connectivity index (χ1n) is 7.29. The van der Waals surface area contributed by atoms with Gasteiger partial charge in [-0.2, -0.15) is 0 Å². The van der Waals surface area contributed by atoms with Crippen LogP contribution in [0.2, 0.25) is 0 Å². The SMILES string of the molecule is CCCCC(CC)CNS(=O)(=O)C1CCNCC1. The Bertz CT molecular complexity index is 311. The first-order valence-corrected chi connectivity index (χ1v) is 8.84. The number of unbranched alkanes of at least 4 members (excludes halogenated alkanes) is 1. The topological polar surface area (TPSA) is 58.2 Å². The Hall–Kier alpha value is -0.130. The quantitative estimate of drug-likeness (QED) is 0.711. The third-order valence-electron chi connectivity index (χ3n) is 3.84. The van der Waals surface area contributed by atoms with Crippen LogP contribution >= 0.6 is 0 Å². The highest BCUT2D eigenvalue weighted by Gasteiger charge is 2.27. The number of hydrogen-bond donors (Lipinski definition) is 2. The van der Waals surface area contributed by atoms with Gasteiger partial charge < -0.3 is 5.32 Å². The number of sulfonamides is 1. The second kappa shape index (κ2) is 8.12. The molecule has 1 aliphatic heterocycles. The molecular formula is C13H28N2O2S. The van der Waals surface area contributed by atoms with Crippen LogP contribution in [0.15, 0.2) is 0 Å². The molecule has 0 aromatic carbocycles. The van der Waals surface area contributed by atoms with Crippen LogP contribution in [0.3, 0.4) is 0 Å². The molecule has 0 amide bonds. The Morgan fingerprint density at radius 1 is 1.28 bits per heavy atom. The molecule has 5 heteroatoms. The van der Waals surface area contributed by atoms with Crippen molar-refractivity contribution in [2.24, 2.45) is 5.92 Å². The highest BCUT2D eigenvalue weighted by atomic mass is 32.2. The van der Waals surface area contributed by atoms with Gasteiger partial charge in [0.05, 0.1) is 5.25 Å². The van der Waals surface area contributed by atoms with Gasteiger partial charge in [-0.15, -0.1) is 0 Å². The Morgan fingerprint density at radius 3 is 2.50 bits per heavy atom. The third kappa shape index (κ3) is 5.24. The molecule has 2 N–H and O–H groups in total. The average Bonchev–Trinajstić information content (AvgIpc) is 2.40. The molecule has 4 nitrogen and oxygen atoms in total. The minimum Gasteiger partial charge on any atom is -0.317 e. The Morgan fingerprint density at radius 2 is 1.94 bits per heavy atom. The van der Waals surface area contributed by atoms with Gasteiger partial charge in [-0.05, 0) is 38.3 Å². The van der Waals surface area contributed by atoms with Crippen LogP contribution in [-0.2, 0) is 10.0 Å². The van der Waals surface area contributed by atoms with Gasteiger partial charge in [-0.1, -0.05) is 33.1 Å². The monoisotopic (exact) mass is 276 g/mol. The van der Waals surface area contributed by atoms with Gasteiger partial charge in [0.1, 0.15) is 0 Å². The van der Waals surface area contributed by atoms with Crippen LogP contribution in [0.25, 0.3) is 0 Å². The molecule has 1 rings (SSSR count). The number of hydrogen-bond acceptors (Lipinski definition) is 3. The molecule has 0 saturated carbocycles. The van der Waals surface area contributed by atoms with Crippen molar-refractivity contribution in [1.82, 2.24) is 10.0 Å². The number of nitrogens with one attached hydrogen (secondary N) is 2. The van der Waals surface area contributed by atoms with Gasteiger partial charge in [-0.25, -0.2) is 13.1 Å². The van der Waals surface area contributed by atoms with Crippen LogP contribution in [-0.4, -0.2) is 33.3 Å². The summed E-state index contributed by atoms with van der Waals surface area (Å²) in [6, 6.07) is 0. The van der Waals surface area contributed by atoms with Crippen molar-refractivity contribution in [3.8, 4) is 0 Å². The van der Waals surface area contributed by atoms with E-state index >= 15 is 0 Å². The lowest BCUT2D eigenvalue weighted by molar-refractivity contribution is 0.436. The molecule has 1 heterocycles. The molecule has 1 saturated heterocycles. The minimum atomic E-state index is -3.10. The Balaban J connectivity index is 2.39. The van der Waals surface area contributed by atoms with E-state index in [-0.39, 0.29) is 5.25 Å². The molecule has 18 heavy (non-hydrogen) atoms. The van der Waals surface area contributed by atoms with Crippen LogP contribution in [0.5, 0.6) is 0 Å². The van der Waals surface area contributed by atoms with Gasteiger partial charge in [0.15, 0.2) is 0 Å². The summed E-state index contributed by atoms with van der Waals surface area (Å²) in [6.45, 7) is 6.56. The summed E-state index contributed by atoms with van der Waals surface area (Å²) in [5.74, 6) is 0.487. The first kappa shape index (κ1) is 15.9. The van der Waals surface area contributed by atoms with Crippen LogP contribution < -0.4 is 10.0 Å². The predicted octanol–water partition coefficient (Wildman–Crippen LogP) is 1.87. The lowest BCUT2D eigenvalue weighted by Crippen LogP contribution is -2.42. The number of piperidine rings is 1. The fourth-order valence-electron chi connectivity index (χ4n) is 2.40. The molecular weight excluding hydrogens is 248 g/mol. The number of rotatable bonds is 8. The van der Waals surface area contributed by atoms with Crippen molar-refractivity contribution >= 4 is 10.0 Å². The second-order valence-corrected chi connectivity index (χ2v) is 7.30. The van der Waals surface area contributed by atoms with E-state index in [2.05, 4.69) is 23.9 Å². The maximum atomic E-state index is 12.1. The minimum absolute atomic E-state index is 0.192. The summed E-state index contributed by atoms with van der Waals surface area (Å²) >= 11 is 0. The molecule has 1 unspecified atom stereocenters. The molecule has 108 valence electrons. The van der Waals surface area contributed by atoms with Gasteiger partial charge in [0, 0.05) is 6.54 Å². The largest absolute Gasteiger partial charge is 0.317 e. The van der Waals surface area contributed by atoms with Crippen LogP contribution in [0, 0.1) is 5.92 Å². The van der Waals surface area contributed by atoms with E-state index in [9.17, 15) is 8.42 Å². The Kier molecular flexibility index (Phi) is 7.19. The average molecular weight is 276 g/mol. The van der Waals surface area contributed by atoms with E-state index in [1.807, 2.05) is 0 Å². The highest BCUT2D eigenvalue weighted by molar-refractivity contribution is 7.90. The Labute approximate surface area is 112 Å². The lowest BCUT2D eigenvalue weighted by Gasteiger charge is -2.24. The molecule has 0 radical (unpaired) electrons. The molecule has 0 aliphatic carbocycles. The van der Waals surface area contributed by atoms with E-state index in [4.69, 9.17) is 0 Å². The summed E-state index contributed by atoms with van der Waals surface area (Å²) < 4.78 is 27.1. The van der Waals surface area contributed by atoms with Gasteiger partial charge in [-0.3, -0.25) is 0 Å². The van der Waals surface area contributed by atoms with Crippen molar-refractivity contribution in [3.05, 3.63) is 0 Å². The maximum Gasteiger partial charge on any atom is 0.214 e. The standard InChI is InChI=1S/C13H28N2O2S/c1-3-5-6-12(4-2)11-15-18(16,17)13-7-9-14-10-8-13/h12-15H,3-11H2,1-2H3. The van der Waals surface area contributed by atoms with Crippen molar-refractivity contribution in [1.29, 1.82) is 0 Å². The smallest absolute Gasteiger partial charge is 0.214 e. The zero-order valence-electron chi connectivity index (χ0n) is 11.7. The highest BCUT2D eigenvalue weighted by Crippen LogP contribution is 2.15. The zero-order valence-corrected chi connectivity index (χ0v) is 12.6. The van der Waals surface area contributed by atoms with Crippen molar-refractivity contribution < 1.29 is 8.42 Å². The van der Waals surface area contributed by atoms with Gasteiger partial charge >= 0.3 is 0 Å². The summed E-state index contributed by atoms with van der Waals surface area (Å²) in [5, 5.41) is 3.01. The second-order valence-electron chi connectivity index (χ2n) is 5.26. The summed E-state index contributed by atoms with van der Waals surface area (Å²) in [6.07, 6.45) is 6.02. The predicted molar refractivity (Wildman–Crippen MR) is 76.1 cm³/mol. The molecule has 1 atom stereocenters. The summed E-state index contributed by atoms with van der Waals surface area (Å²) in [4.78, 5) is 0. The lowest BCUT2D eigenvalue weighted by atomic mass is 10.00. The van der Waals surface area contributed by atoms with E-state index < -0.39 is 10.0 Å². The summed E-state index contributed by atoms with van der Waals surface area (Å²) in [7, 11) is -3.10. The van der Waals surface area contributed by atoms with E-state index in [0.717, 1.165) is 38.8 Å². The van der Waals surface area contributed by atoms with Crippen LogP contribution in [0.1, 0.15) is 52.4 Å². The van der Waals surface area contributed by atoms with E-state index in [0.29, 0.717) is 12.5 Å². The van der Waals surface area contributed by atoms with Crippen LogP contribution in [0.4, 0.5) is 0 Å². The zero-order chi connectivity index (χ0) is 13.4. The molecule has 0 aromatic heterocycles. The van der Waals surface area contributed by atoms with Crippen molar-refractivity contribution in [3.63, 3.8) is 0 Å². The normalized spacial score (nSPS) is 19.9. The molecule has 0 bridgehead atoms. The van der Waals surface area contributed by atoms with Gasteiger partial charge in [0.2, 0.25) is 10.0 Å². The third-order valence-corrected chi connectivity index (χ3v) is 5.76. The van der Waals surface area contributed by atoms with E-state index in [1.54, 1.807) is 0 Å². The molecule has 0 spiro atoms. The van der Waals surface area contributed by atoms with E-state index in [1.165, 1.54) is 12.8 Å². The molecule has 1 aliphatic rings. The fourth-order valence-corrected chi connectivity index (χ4v) is 3.96. The first-order chi connectivity index (χ1) is 8.60. The fraction of sp³-hybridized carbons (Fsp3) is 1.00.